The van der Waals surface area contributed by atoms with Gasteiger partial charge in [-0.15, -0.1) is 0 Å². The summed E-state index contributed by atoms with van der Waals surface area (Å²) in [6, 6.07) is 0. The Morgan fingerprint density at radius 1 is 0.647 bits per heavy atom. The predicted molar refractivity (Wildman–Crippen MR) is 73.9 cm³/mol. The molecule has 0 bridgehead atoms. The second-order valence-electron chi connectivity index (χ2n) is 5.47. The van der Waals surface area contributed by atoms with Crippen LogP contribution in [0.15, 0.2) is 0 Å². The van der Waals surface area contributed by atoms with E-state index in [0.29, 0.717) is 17.8 Å². The molecule has 0 rings (SSSR count). The Morgan fingerprint density at radius 3 is 1.06 bits per heavy atom. The van der Waals surface area contributed by atoms with Gasteiger partial charge >= 0.3 is 15.1 Å². The molecule has 0 fully saturated rings. The van der Waals surface area contributed by atoms with Gasteiger partial charge in [0.25, 0.3) is 0 Å². The summed E-state index contributed by atoms with van der Waals surface area (Å²) in [5.74, 6) is 1.58. The van der Waals surface area contributed by atoms with Crippen LogP contribution in [0.4, 0.5) is 0 Å². The van der Waals surface area contributed by atoms with Gasteiger partial charge in [-0.1, -0.05) is 41.5 Å². The van der Waals surface area contributed by atoms with Crippen molar-refractivity contribution in [3.05, 3.63) is 0 Å². The molecule has 0 N–H and O–H groups in total. The molecule has 97 valence electrons. The van der Waals surface area contributed by atoms with E-state index in [1.54, 1.807) is 0 Å². The Hall–Kier alpha value is 1.01. The molecule has 0 aliphatic rings. The number of hydrogen-bond acceptors (Lipinski definition) is 3. The molecule has 0 saturated heterocycles. The standard InChI is InChI=1S/3C4H9O.Al.Li/c3*1-4(2)3-5;;/h3*4H,3H2,1-2H3;;/q3*-1;+3;. The normalized spacial score (nSPS) is 11.1. The fourth-order valence-electron chi connectivity index (χ4n) is 0.957. The van der Waals surface area contributed by atoms with Gasteiger partial charge in [-0.25, -0.2) is 0 Å². The van der Waals surface area contributed by atoms with E-state index in [-0.39, 0.29) is 18.9 Å². The van der Waals surface area contributed by atoms with Crippen molar-refractivity contribution in [3.63, 3.8) is 0 Å². The van der Waals surface area contributed by atoms with Gasteiger partial charge in [0.15, 0.2) is 0 Å². The van der Waals surface area contributed by atoms with Crippen LogP contribution in [-0.2, 0) is 11.4 Å². The zero-order valence-electron chi connectivity index (χ0n) is 12.7. The van der Waals surface area contributed by atoms with Crippen LogP contribution in [0.3, 0.4) is 0 Å². The van der Waals surface area contributed by atoms with E-state index < -0.39 is 15.1 Å². The van der Waals surface area contributed by atoms with Crippen LogP contribution in [0.2, 0.25) is 0 Å². The summed E-state index contributed by atoms with van der Waals surface area (Å²) < 4.78 is 17.1. The summed E-state index contributed by atoms with van der Waals surface area (Å²) >= 11 is -1.90. The van der Waals surface area contributed by atoms with Crippen LogP contribution in [-0.4, -0.2) is 53.8 Å². The van der Waals surface area contributed by atoms with Crippen LogP contribution >= 0.6 is 0 Å². The van der Waals surface area contributed by atoms with Crippen molar-refractivity contribution >= 4 is 34.0 Å². The number of hydrogen-bond donors (Lipinski definition) is 0. The van der Waals surface area contributed by atoms with Crippen molar-refractivity contribution in [2.24, 2.45) is 17.8 Å². The molecule has 0 atom stereocenters. The van der Waals surface area contributed by atoms with Crippen molar-refractivity contribution in [2.75, 3.05) is 19.8 Å². The summed E-state index contributed by atoms with van der Waals surface area (Å²) in [6.45, 7) is 15.0. The van der Waals surface area contributed by atoms with Crippen molar-refractivity contribution in [3.8, 4) is 0 Å². The zero-order valence-corrected chi connectivity index (χ0v) is 13.8. The summed E-state index contributed by atoms with van der Waals surface area (Å²) in [6.07, 6.45) is 0. The summed E-state index contributed by atoms with van der Waals surface area (Å²) in [7, 11) is 0. The fraction of sp³-hybridized carbons (Fsp3) is 1.00. The molecule has 3 nitrogen and oxygen atoms in total. The topological polar surface area (TPSA) is 27.7 Å². The van der Waals surface area contributed by atoms with Gasteiger partial charge in [0.1, 0.15) is 0 Å². The second-order valence-corrected chi connectivity index (χ2v) is 7.05. The van der Waals surface area contributed by atoms with Gasteiger partial charge in [-0.05, 0) is 17.8 Å². The smallest absolute Gasteiger partial charge is 0.454 e. The minimum atomic E-state index is -1.90. The van der Waals surface area contributed by atoms with Crippen LogP contribution < -0.4 is 0 Å². The van der Waals surface area contributed by atoms with Crippen LogP contribution in [0.1, 0.15) is 41.5 Å². The molecule has 0 spiro atoms. The van der Waals surface area contributed by atoms with E-state index >= 15 is 0 Å². The summed E-state index contributed by atoms with van der Waals surface area (Å²) in [4.78, 5) is 0. The molecule has 0 aliphatic carbocycles. The molecule has 0 aromatic heterocycles. The first-order chi connectivity index (χ1) is 7.41. The maximum Gasteiger partial charge on any atom is 0.905 e. The second kappa shape index (κ2) is 12.1. The molecule has 0 unspecified atom stereocenters. The molecule has 0 aromatic rings. The van der Waals surface area contributed by atoms with Gasteiger partial charge in [0, 0.05) is 38.7 Å². The van der Waals surface area contributed by atoms with Gasteiger partial charge in [-0.3, -0.25) is 0 Å². The SMILES string of the molecule is CC(C)C[O][Al]([O]CC(C)C)[O]CC(C)C.[Li]. The van der Waals surface area contributed by atoms with Crippen molar-refractivity contribution in [2.45, 2.75) is 41.5 Å². The van der Waals surface area contributed by atoms with E-state index in [4.69, 9.17) is 11.4 Å². The van der Waals surface area contributed by atoms with E-state index in [0.717, 1.165) is 19.8 Å². The maximum absolute atomic E-state index is 5.70. The third kappa shape index (κ3) is 15.0. The Labute approximate surface area is 124 Å². The van der Waals surface area contributed by atoms with Crippen LogP contribution in [0.5, 0.6) is 0 Å². The van der Waals surface area contributed by atoms with E-state index in [1.807, 2.05) is 0 Å². The Balaban J connectivity index is 0. The minimum absolute atomic E-state index is 0. The molecule has 0 saturated carbocycles. The number of rotatable bonds is 9. The summed E-state index contributed by atoms with van der Waals surface area (Å²) in [5, 5.41) is 0. The molecule has 0 heterocycles. The largest absolute Gasteiger partial charge is 0.905 e. The predicted octanol–water partition coefficient (Wildman–Crippen LogP) is 2.61. The van der Waals surface area contributed by atoms with E-state index in [2.05, 4.69) is 41.5 Å². The first kappa shape index (κ1) is 20.3. The third-order valence-electron chi connectivity index (χ3n) is 1.70. The monoisotopic (exact) mass is 253 g/mol. The minimum Gasteiger partial charge on any atom is -0.454 e. The average Bonchev–Trinajstić information content (AvgIpc) is 2.15. The fourth-order valence-corrected chi connectivity index (χ4v) is 2.87. The first-order valence-corrected chi connectivity index (χ1v) is 7.68. The Bertz CT molecular complexity index is 137. The van der Waals surface area contributed by atoms with Crippen LogP contribution in [0.25, 0.3) is 0 Å². The summed E-state index contributed by atoms with van der Waals surface area (Å²) in [5.41, 5.74) is 0. The van der Waals surface area contributed by atoms with Crippen molar-refractivity contribution in [1.29, 1.82) is 0 Å². The van der Waals surface area contributed by atoms with E-state index in [9.17, 15) is 0 Å². The van der Waals surface area contributed by atoms with Gasteiger partial charge in [0.05, 0.1) is 0 Å². The Morgan fingerprint density at radius 2 is 0.882 bits per heavy atom. The third-order valence-corrected chi connectivity index (χ3v) is 3.09. The molecule has 17 heavy (non-hydrogen) atoms. The van der Waals surface area contributed by atoms with Gasteiger partial charge in [-0.2, -0.15) is 0 Å². The van der Waals surface area contributed by atoms with E-state index in [1.165, 1.54) is 0 Å². The molecule has 0 amide bonds. The molecule has 0 aliphatic heterocycles. The quantitative estimate of drug-likeness (QED) is 0.591. The van der Waals surface area contributed by atoms with Crippen molar-refractivity contribution < 1.29 is 11.4 Å². The average molecular weight is 253 g/mol. The molecular formula is C12H27AlLiO3. The maximum atomic E-state index is 5.70. The molecule has 0 aromatic carbocycles. The van der Waals surface area contributed by atoms with Gasteiger partial charge in [0.2, 0.25) is 0 Å². The van der Waals surface area contributed by atoms with Crippen molar-refractivity contribution in [1.82, 2.24) is 0 Å². The molecule has 1 radical (unpaired) electrons. The Kier molecular flexibility index (Phi) is 14.4. The molecule has 5 heteroatoms. The first-order valence-electron chi connectivity index (χ1n) is 6.26. The van der Waals surface area contributed by atoms with Crippen LogP contribution in [0, 0.1) is 17.8 Å². The zero-order chi connectivity index (χ0) is 12.6. The van der Waals surface area contributed by atoms with Gasteiger partial charge < -0.3 is 11.4 Å². The molecular weight excluding hydrogens is 226 g/mol.